The zero-order valence-electron chi connectivity index (χ0n) is 19.0. The molecule has 0 radical (unpaired) electrons. The summed E-state index contributed by atoms with van der Waals surface area (Å²) < 4.78 is 10.6. The third-order valence-electron chi connectivity index (χ3n) is 5.47. The van der Waals surface area contributed by atoms with Gasteiger partial charge in [-0.05, 0) is 50.2 Å². The molecule has 0 saturated heterocycles. The summed E-state index contributed by atoms with van der Waals surface area (Å²) in [5, 5.41) is 20.0. The second-order valence-corrected chi connectivity index (χ2v) is 7.84. The normalized spacial score (nSPS) is 12.9. The van der Waals surface area contributed by atoms with Crippen molar-refractivity contribution >= 4 is 17.5 Å². The molecule has 0 saturated carbocycles. The first-order chi connectivity index (χ1) is 16.4. The highest BCUT2D eigenvalue weighted by Crippen LogP contribution is 2.32. The largest absolute Gasteiger partial charge is 0.454 e. The minimum Gasteiger partial charge on any atom is -0.454 e. The number of imide groups is 1. The Balaban J connectivity index is 1.61. The van der Waals surface area contributed by atoms with Gasteiger partial charge in [-0.3, -0.25) is 25.0 Å². The fourth-order valence-electron chi connectivity index (χ4n) is 3.59. The number of nitro groups is 1. The topological polar surface area (TPSA) is 158 Å². The van der Waals surface area contributed by atoms with Crippen LogP contribution in [0.25, 0.3) is 0 Å². The Morgan fingerprint density at radius 1 is 1.12 bits per heavy atom. The van der Waals surface area contributed by atoms with E-state index in [2.05, 4.69) is 16.0 Å². The Labute approximate surface area is 197 Å². The van der Waals surface area contributed by atoms with Crippen LogP contribution in [0.15, 0.2) is 36.4 Å². The lowest BCUT2D eigenvalue weighted by Gasteiger charge is -2.15. The molecule has 0 aromatic heterocycles. The van der Waals surface area contributed by atoms with Crippen LogP contribution in [-0.4, -0.2) is 43.2 Å². The van der Waals surface area contributed by atoms with E-state index in [0.29, 0.717) is 36.6 Å². The highest BCUT2D eigenvalue weighted by atomic mass is 16.7. The standard InChI is InChI=1S/C23H29N5O6/c1-25-18(4-2-3-9-24)23(30)27-22(29)16-6-7-17(19(11-16)28(31)32)13-26-12-15-5-8-20-21(10-15)34-14-33-20/h5-8,10-11,18,25-26H,2-4,9,12-14,24H2,1H3,(H,27,29,30)/t18-/m0/s1. The SMILES string of the molecule is CN[C@@H](CCCCN)C(=O)NC(=O)c1ccc(CNCc2ccc3c(c2)OCO3)c([N+](=O)[O-])c1. The molecule has 3 rings (SSSR count). The van der Waals surface area contributed by atoms with E-state index >= 15 is 0 Å². The first kappa shape index (κ1) is 25.1. The van der Waals surface area contributed by atoms with Crippen LogP contribution in [0.4, 0.5) is 5.69 Å². The van der Waals surface area contributed by atoms with E-state index in [1.807, 2.05) is 18.2 Å². The molecule has 2 amide bonds. The van der Waals surface area contributed by atoms with Gasteiger partial charge in [0.15, 0.2) is 11.5 Å². The van der Waals surface area contributed by atoms with Gasteiger partial charge in [-0.1, -0.05) is 18.6 Å². The molecule has 2 aromatic rings. The van der Waals surface area contributed by atoms with Crippen molar-refractivity contribution in [1.82, 2.24) is 16.0 Å². The number of amides is 2. The maximum absolute atomic E-state index is 12.5. The van der Waals surface area contributed by atoms with Gasteiger partial charge in [0.2, 0.25) is 12.7 Å². The number of nitro benzene ring substituents is 1. The van der Waals surface area contributed by atoms with E-state index in [4.69, 9.17) is 15.2 Å². The quantitative estimate of drug-likeness (QED) is 0.205. The van der Waals surface area contributed by atoms with Gasteiger partial charge in [-0.25, -0.2) is 0 Å². The molecule has 0 aliphatic carbocycles. The van der Waals surface area contributed by atoms with Crippen molar-refractivity contribution in [2.45, 2.75) is 38.4 Å². The molecule has 0 bridgehead atoms. The molecule has 0 spiro atoms. The highest BCUT2D eigenvalue weighted by Gasteiger charge is 2.22. The molecule has 1 aliphatic rings. The van der Waals surface area contributed by atoms with E-state index in [-0.39, 0.29) is 24.6 Å². The van der Waals surface area contributed by atoms with E-state index in [9.17, 15) is 19.7 Å². The molecule has 0 fully saturated rings. The molecule has 1 heterocycles. The van der Waals surface area contributed by atoms with E-state index < -0.39 is 22.8 Å². The molecule has 5 N–H and O–H groups in total. The fraction of sp³-hybridized carbons (Fsp3) is 0.391. The van der Waals surface area contributed by atoms with Crippen molar-refractivity contribution in [2.75, 3.05) is 20.4 Å². The van der Waals surface area contributed by atoms with E-state index in [0.717, 1.165) is 18.4 Å². The molecule has 2 aromatic carbocycles. The number of carbonyl (C=O) groups excluding carboxylic acids is 2. The summed E-state index contributed by atoms with van der Waals surface area (Å²) in [7, 11) is 1.63. The Morgan fingerprint density at radius 2 is 1.91 bits per heavy atom. The number of rotatable bonds is 12. The summed E-state index contributed by atoms with van der Waals surface area (Å²) in [6.07, 6.45) is 2.04. The minimum atomic E-state index is -0.688. The van der Waals surface area contributed by atoms with Gasteiger partial charge in [0.05, 0.1) is 11.0 Å². The Hall–Kier alpha value is -3.54. The van der Waals surface area contributed by atoms with Crippen molar-refractivity contribution in [3.05, 3.63) is 63.2 Å². The number of fused-ring (bicyclic) bond motifs is 1. The average Bonchev–Trinajstić information content (AvgIpc) is 3.29. The molecule has 0 unspecified atom stereocenters. The lowest BCUT2D eigenvalue weighted by molar-refractivity contribution is -0.385. The van der Waals surface area contributed by atoms with E-state index in [1.165, 1.54) is 18.2 Å². The number of unbranched alkanes of at least 4 members (excludes halogenated alkanes) is 1. The molecule has 1 aliphatic heterocycles. The highest BCUT2D eigenvalue weighted by molar-refractivity contribution is 6.06. The number of benzene rings is 2. The molecule has 182 valence electrons. The molecule has 11 nitrogen and oxygen atoms in total. The minimum absolute atomic E-state index is 0.0383. The lowest BCUT2D eigenvalue weighted by Crippen LogP contribution is -2.45. The Kier molecular flexibility index (Phi) is 8.91. The third-order valence-corrected chi connectivity index (χ3v) is 5.47. The third kappa shape index (κ3) is 6.50. The average molecular weight is 472 g/mol. The summed E-state index contributed by atoms with van der Waals surface area (Å²) in [5.41, 5.74) is 6.67. The second-order valence-electron chi connectivity index (χ2n) is 7.84. The number of hydrogen-bond donors (Lipinski definition) is 4. The predicted molar refractivity (Wildman–Crippen MR) is 124 cm³/mol. The number of nitrogens with one attached hydrogen (secondary N) is 3. The number of nitrogens with zero attached hydrogens (tertiary/aromatic N) is 1. The van der Waals surface area contributed by atoms with Crippen LogP contribution >= 0.6 is 0 Å². The van der Waals surface area contributed by atoms with Gasteiger partial charge in [0, 0.05) is 30.3 Å². The summed E-state index contributed by atoms with van der Waals surface area (Å²) in [4.78, 5) is 36.0. The smallest absolute Gasteiger partial charge is 0.274 e. The molecule has 1 atom stereocenters. The number of carbonyl (C=O) groups is 2. The maximum Gasteiger partial charge on any atom is 0.274 e. The zero-order valence-corrected chi connectivity index (χ0v) is 19.0. The maximum atomic E-state index is 12.5. The zero-order chi connectivity index (χ0) is 24.5. The molecular weight excluding hydrogens is 442 g/mol. The van der Waals surface area contributed by atoms with Crippen molar-refractivity contribution in [2.24, 2.45) is 5.73 Å². The van der Waals surface area contributed by atoms with Gasteiger partial charge in [0.25, 0.3) is 11.6 Å². The van der Waals surface area contributed by atoms with Crippen LogP contribution in [0.1, 0.15) is 40.7 Å². The van der Waals surface area contributed by atoms with Crippen molar-refractivity contribution in [1.29, 1.82) is 0 Å². The fourth-order valence-corrected chi connectivity index (χ4v) is 3.59. The van der Waals surface area contributed by atoms with Gasteiger partial charge < -0.3 is 25.8 Å². The van der Waals surface area contributed by atoms with Crippen molar-refractivity contribution < 1.29 is 24.0 Å². The Morgan fingerprint density at radius 3 is 2.65 bits per heavy atom. The molecule has 11 heteroatoms. The lowest BCUT2D eigenvalue weighted by atomic mass is 10.1. The molecule has 34 heavy (non-hydrogen) atoms. The van der Waals surface area contributed by atoms with Crippen molar-refractivity contribution in [3.8, 4) is 11.5 Å². The van der Waals surface area contributed by atoms with Crippen molar-refractivity contribution in [3.63, 3.8) is 0 Å². The van der Waals surface area contributed by atoms with Gasteiger partial charge in [0.1, 0.15) is 0 Å². The van der Waals surface area contributed by atoms with Crippen LogP contribution < -0.4 is 31.2 Å². The van der Waals surface area contributed by atoms with Crippen LogP contribution in [0.2, 0.25) is 0 Å². The molecular formula is C23H29N5O6. The van der Waals surface area contributed by atoms with Crippen LogP contribution in [0.5, 0.6) is 11.5 Å². The van der Waals surface area contributed by atoms with Crippen LogP contribution in [0, 0.1) is 10.1 Å². The second kappa shape index (κ2) is 12.1. The summed E-state index contributed by atoms with van der Waals surface area (Å²) in [5.74, 6) is 0.173. The van der Waals surface area contributed by atoms with Gasteiger partial charge in [-0.15, -0.1) is 0 Å². The Bertz CT molecular complexity index is 1040. The summed E-state index contributed by atoms with van der Waals surface area (Å²) in [6, 6.07) is 9.16. The predicted octanol–water partition coefficient (Wildman–Crippen LogP) is 1.59. The van der Waals surface area contributed by atoms with Crippen LogP contribution in [0.3, 0.4) is 0 Å². The van der Waals surface area contributed by atoms with Gasteiger partial charge in [-0.2, -0.15) is 0 Å². The van der Waals surface area contributed by atoms with Crippen LogP contribution in [-0.2, 0) is 17.9 Å². The van der Waals surface area contributed by atoms with Gasteiger partial charge >= 0.3 is 0 Å². The number of ether oxygens (including phenoxy) is 2. The first-order valence-corrected chi connectivity index (χ1v) is 11.0. The summed E-state index contributed by atoms with van der Waals surface area (Å²) in [6.45, 7) is 1.39. The number of hydrogen-bond acceptors (Lipinski definition) is 9. The number of nitrogens with two attached hydrogens (primary N) is 1. The number of likely N-dealkylation sites (N-methyl/N-ethyl adjacent to an activating group) is 1. The first-order valence-electron chi connectivity index (χ1n) is 11.0. The summed E-state index contributed by atoms with van der Waals surface area (Å²) >= 11 is 0. The monoisotopic (exact) mass is 471 g/mol. The van der Waals surface area contributed by atoms with E-state index in [1.54, 1.807) is 7.05 Å².